The van der Waals surface area contributed by atoms with Gasteiger partial charge in [-0.15, -0.1) is 0 Å². The van der Waals surface area contributed by atoms with Crippen LogP contribution in [0.3, 0.4) is 0 Å². The quantitative estimate of drug-likeness (QED) is 0.311. The van der Waals surface area contributed by atoms with Gasteiger partial charge in [0.25, 0.3) is 0 Å². The third-order valence-corrected chi connectivity index (χ3v) is 6.93. The van der Waals surface area contributed by atoms with Crippen LogP contribution in [-0.4, -0.2) is 31.8 Å². The topological polar surface area (TPSA) is 80.3 Å². The van der Waals surface area contributed by atoms with E-state index in [0.717, 1.165) is 5.56 Å². The third kappa shape index (κ3) is 6.91. The van der Waals surface area contributed by atoms with Crippen molar-refractivity contribution in [2.75, 3.05) is 19.8 Å². The van der Waals surface area contributed by atoms with Crippen molar-refractivity contribution in [3.05, 3.63) is 71.3 Å². The van der Waals surface area contributed by atoms with Gasteiger partial charge in [0.15, 0.2) is 0 Å². The molecule has 0 heterocycles. The fourth-order valence-corrected chi connectivity index (χ4v) is 5.30. The Morgan fingerprint density at radius 1 is 0.690 bits per heavy atom. The summed E-state index contributed by atoms with van der Waals surface area (Å²) in [4.78, 5) is 33.2. The molecule has 0 aliphatic heterocycles. The van der Waals surface area contributed by atoms with E-state index in [4.69, 9.17) is 13.6 Å². The van der Waals surface area contributed by atoms with Crippen LogP contribution in [0, 0.1) is 0 Å². The molecule has 0 amide bonds. The van der Waals surface area contributed by atoms with Crippen molar-refractivity contribution in [3.63, 3.8) is 0 Å². The molecule has 0 fully saturated rings. The van der Waals surface area contributed by atoms with Crippen LogP contribution in [0.25, 0.3) is 0 Å². The Bertz CT molecular complexity index is 760. The van der Waals surface area contributed by atoms with Crippen molar-refractivity contribution in [1.82, 2.24) is 0 Å². The van der Waals surface area contributed by atoms with Crippen LogP contribution >= 0.6 is 7.94 Å². The van der Waals surface area contributed by atoms with Gasteiger partial charge in [-0.1, -0.05) is 6.07 Å². The summed E-state index contributed by atoms with van der Waals surface area (Å²) in [6.45, 7) is 7.16. The molecule has 2 aromatic rings. The van der Waals surface area contributed by atoms with Crippen LogP contribution in [-0.2, 0) is 29.5 Å². The minimum atomic E-state index is -2.83. The number of hydrogen-bond acceptors (Lipinski definition) is 7. The number of hydrogen-bond donors (Lipinski definition) is 0. The van der Waals surface area contributed by atoms with E-state index in [0.29, 0.717) is 31.5 Å². The van der Waals surface area contributed by atoms with Crippen LogP contribution in [0.15, 0.2) is 54.6 Å². The first-order valence-corrected chi connectivity index (χ1v) is 11.5. The average Bonchev–Trinajstić information content (AvgIpc) is 2.73. The Balaban J connectivity index is 1.99. The Morgan fingerprint density at radius 3 is 1.59 bits per heavy atom. The number of rotatable bonds is 10. The maximum atomic E-state index is 12.1. The molecule has 0 spiro atoms. The molecule has 0 radical (unpaired) electrons. The van der Waals surface area contributed by atoms with Gasteiger partial charge in [-0.2, -0.15) is 0 Å². The van der Waals surface area contributed by atoms with E-state index >= 15 is 0 Å². The van der Waals surface area contributed by atoms with Crippen molar-refractivity contribution in [2.24, 2.45) is 0 Å². The molecule has 7 nitrogen and oxygen atoms in total. The molecule has 0 saturated heterocycles. The molecule has 8 heteroatoms. The maximum absolute atomic E-state index is 12.1. The van der Waals surface area contributed by atoms with Gasteiger partial charge in [0.2, 0.25) is 0 Å². The van der Waals surface area contributed by atoms with Crippen molar-refractivity contribution in [2.45, 2.75) is 26.9 Å². The molecular weight excluding hydrogens is 395 g/mol. The molecule has 0 aliphatic rings. The minimum absolute atomic E-state index is 0.256. The van der Waals surface area contributed by atoms with Gasteiger partial charge >= 0.3 is 165 Å². The first kappa shape index (κ1) is 23.0. The van der Waals surface area contributed by atoms with Gasteiger partial charge in [0.1, 0.15) is 0 Å². The molecule has 0 atom stereocenters. The Labute approximate surface area is 171 Å². The van der Waals surface area contributed by atoms with E-state index in [2.05, 4.69) is 9.78 Å². The monoisotopic (exact) mass is 422 g/mol. The molecule has 2 rings (SSSR count). The summed E-state index contributed by atoms with van der Waals surface area (Å²) in [7, 11) is -2.83. The summed E-state index contributed by atoms with van der Waals surface area (Å²) in [6, 6.07) is 15.0. The van der Waals surface area contributed by atoms with Crippen LogP contribution in [0.2, 0.25) is 0 Å². The molecule has 0 unspecified atom stereocenters. The molecule has 0 aliphatic carbocycles. The number of carbonyl (C=O) groups is 2. The van der Waals surface area contributed by atoms with Gasteiger partial charge in [0.05, 0.1) is 0 Å². The zero-order valence-electron chi connectivity index (χ0n) is 16.9. The SMILES string of the molecule is CCO[PH](Cc1ccc(C(=O)OOC(=O)c2ccccc2)cc1)(OCC)OCC. The first-order valence-electron chi connectivity index (χ1n) is 9.52. The molecule has 0 bridgehead atoms. The standard InChI is InChI=1S/C21H27O7P/c1-4-24-29(25-5-2,26-6-3)16-17-12-14-19(15-13-17)21(23)28-27-20(22)18-10-8-7-9-11-18/h7-15,29H,4-6,16H2,1-3H3. The molecular formula is C21H27O7P. The van der Waals surface area contributed by atoms with Crippen LogP contribution in [0.4, 0.5) is 0 Å². The van der Waals surface area contributed by atoms with Gasteiger partial charge in [-0.3, -0.25) is 0 Å². The van der Waals surface area contributed by atoms with E-state index in [1.165, 1.54) is 0 Å². The summed E-state index contributed by atoms with van der Waals surface area (Å²) in [5, 5.41) is 0. The predicted molar refractivity (Wildman–Crippen MR) is 111 cm³/mol. The van der Waals surface area contributed by atoms with E-state index in [1.807, 2.05) is 20.8 Å². The fourth-order valence-electron chi connectivity index (χ4n) is 2.69. The molecule has 0 N–H and O–H groups in total. The Morgan fingerprint density at radius 2 is 1.14 bits per heavy atom. The Hall–Kier alpha value is -2.31. The summed E-state index contributed by atoms with van der Waals surface area (Å²) in [5.41, 5.74) is 1.45. The van der Waals surface area contributed by atoms with E-state index in [-0.39, 0.29) is 5.56 Å². The predicted octanol–water partition coefficient (Wildman–Crippen LogP) is 4.72. The van der Waals surface area contributed by atoms with E-state index in [9.17, 15) is 9.59 Å². The number of carbonyl (C=O) groups excluding carboxylic acids is 2. The summed E-state index contributed by atoms with van der Waals surface area (Å²) < 4.78 is 17.5. The van der Waals surface area contributed by atoms with Gasteiger partial charge in [-0.25, -0.2) is 0 Å². The third-order valence-electron chi connectivity index (χ3n) is 3.91. The second-order valence-electron chi connectivity index (χ2n) is 5.96. The first-order chi connectivity index (χ1) is 14.0. The van der Waals surface area contributed by atoms with Crippen molar-refractivity contribution in [1.29, 1.82) is 0 Å². The summed E-state index contributed by atoms with van der Waals surface area (Å²) in [5.74, 6) is -1.50. The molecule has 158 valence electrons. The van der Waals surface area contributed by atoms with Crippen LogP contribution < -0.4 is 0 Å². The van der Waals surface area contributed by atoms with Crippen LogP contribution in [0.1, 0.15) is 47.1 Å². The van der Waals surface area contributed by atoms with Crippen molar-refractivity contribution < 1.29 is 32.9 Å². The zero-order chi connectivity index (χ0) is 21.1. The average molecular weight is 422 g/mol. The Kier molecular flexibility index (Phi) is 9.22. The number of benzene rings is 2. The fraction of sp³-hybridized carbons (Fsp3) is 0.333. The molecule has 0 saturated carbocycles. The van der Waals surface area contributed by atoms with Gasteiger partial charge in [0, 0.05) is 0 Å². The van der Waals surface area contributed by atoms with Crippen LogP contribution in [0.5, 0.6) is 0 Å². The van der Waals surface area contributed by atoms with E-state index in [1.54, 1.807) is 54.6 Å². The summed E-state index contributed by atoms with van der Waals surface area (Å²) >= 11 is 0. The normalized spacial score (nSPS) is 11.7. The van der Waals surface area contributed by atoms with Crippen molar-refractivity contribution >= 4 is 19.9 Å². The van der Waals surface area contributed by atoms with Gasteiger partial charge < -0.3 is 0 Å². The summed E-state index contributed by atoms with van der Waals surface area (Å²) in [6.07, 6.45) is 0.487. The molecule has 2 aromatic carbocycles. The zero-order valence-corrected chi connectivity index (χ0v) is 17.9. The molecule has 29 heavy (non-hydrogen) atoms. The molecule has 0 aromatic heterocycles. The second-order valence-corrected chi connectivity index (χ2v) is 8.55. The van der Waals surface area contributed by atoms with Crippen molar-refractivity contribution in [3.8, 4) is 0 Å². The second kappa shape index (κ2) is 11.6. The van der Waals surface area contributed by atoms with E-state index < -0.39 is 19.9 Å². The van der Waals surface area contributed by atoms with Gasteiger partial charge in [-0.05, 0) is 0 Å².